The first-order chi connectivity index (χ1) is 21.6. The van der Waals surface area contributed by atoms with Crippen LogP contribution in [0, 0.1) is 0 Å². The summed E-state index contributed by atoms with van der Waals surface area (Å²) in [6.07, 6.45) is 12.6. The Morgan fingerprint density at radius 1 is 0.568 bits per heavy atom. The number of phenolic OH excluding ortho intramolecular Hbond substituents is 2. The van der Waals surface area contributed by atoms with Crippen molar-refractivity contribution in [2.75, 3.05) is 6.54 Å². The highest BCUT2D eigenvalue weighted by Crippen LogP contribution is 2.38. The number of allylic oxidation sites excluding steroid dienone is 2. The first-order valence-corrected chi connectivity index (χ1v) is 15.6. The lowest BCUT2D eigenvalue weighted by Crippen LogP contribution is -2.38. The Balaban J connectivity index is 1.36. The van der Waals surface area contributed by atoms with Crippen LogP contribution in [0.15, 0.2) is 97.2 Å². The van der Waals surface area contributed by atoms with Gasteiger partial charge in [0.2, 0.25) is 0 Å². The van der Waals surface area contributed by atoms with Crippen LogP contribution in [0.1, 0.15) is 63.8 Å². The van der Waals surface area contributed by atoms with Crippen LogP contribution < -0.4 is 20.1 Å². The second-order valence-electron chi connectivity index (χ2n) is 11.9. The molecule has 6 nitrogen and oxygen atoms in total. The van der Waals surface area contributed by atoms with Crippen LogP contribution >= 0.6 is 0 Å². The zero-order chi connectivity index (χ0) is 29.9. The van der Waals surface area contributed by atoms with E-state index in [1.54, 1.807) is 0 Å². The van der Waals surface area contributed by atoms with E-state index in [0.29, 0.717) is 37.2 Å². The minimum Gasteiger partial charge on any atom is -0.507 e. The largest absolute Gasteiger partial charge is 0.507 e. The van der Waals surface area contributed by atoms with Gasteiger partial charge in [-0.3, -0.25) is 5.32 Å². The summed E-state index contributed by atoms with van der Waals surface area (Å²) in [5.41, 5.74) is 7.33. The SMILES string of the molecule is Oc1c2cccc1Cc1cccc(c1OC1CCCCN1)Cc1cccc(c1O)Cc1cccc(c1OC1C=CC=CN1)C2. The van der Waals surface area contributed by atoms with Crippen molar-refractivity contribution in [1.29, 1.82) is 0 Å². The molecule has 0 saturated carbocycles. The van der Waals surface area contributed by atoms with Crippen molar-refractivity contribution in [3.8, 4) is 23.0 Å². The number of nitrogens with one attached hydrogen (secondary N) is 2. The Hall–Kier alpha value is -4.68. The van der Waals surface area contributed by atoms with Gasteiger partial charge in [-0.05, 0) is 88.7 Å². The number of para-hydroxylation sites is 4. The molecule has 8 bridgehead atoms. The third-order valence-electron chi connectivity index (χ3n) is 8.81. The number of aromatic hydroxyl groups is 2. The van der Waals surface area contributed by atoms with Crippen LogP contribution in [0.4, 0.5) is 0 Å². The van der Waals surface area contributed by atoms with E-state index < -0.39 is 0 Å². The van der Waals surface area contributed by atoms with Crippen LogP contribution in [0.3, 0.4) is 0 Å². The third kappa shape index (κ3) is 5.90. The molecule has 2 aliphatic heterocycles. The summed E-state index contributed by atoms with van der Waals surface area (Å²) in [5.74, 6) is 2.18. The summed E-state index contributed by atoms with van der Waals surface area (Å²) < 4.78 is 13.3. The Labute approximate surface area is 258 Å². The summed E-state index contributed by atoms with van der Waals surface area (Å²) in [4.78, 5) is 0. The molecule has 3 aliphatic rings. The van der Waals surface area contributed by atoms with Crippen molar-refractivity contribution >= 4 is 0 Å². The first kappa shape index (κ1) is 28.1. The standard InChI is InChI=1S/C38H38N2O4/c41-35-25-9-5-11-27(35)23-31-15-8-16-32(38(31)44-34-18-2-4-20-40-34)24-28-12-6-10-26(36(28)42)22-30-14-7-13-29(21-25)37(30)43-33-17-1-3-19-39-33/h1,3,5-17,19,33-34,39-42H,2,4,18,20-24H2. The average molecular weight is 587 g/mol. The van der Waals surface area contributed by atoms with Crippen molar-refractivity contribution in [3.05, 3.63) is 142 Å². The normalized spacial score (nSPS) is 19.2. The van der Waals surface area contributed by atoms with Gasteiger partial charge in [0, 0.05) is 25.7 Å². The van der Waals surface area contributed by atoms with Gasteiger partial charge < -0.3 is 25.0 Å². The summed E-state index contributed by atoms with van der Waals surface area (Å²) in [7, 11) is 0. The summed E-state index contributed by atoms with van der Waals surface area (Å²) in [5, 5.41) is 30.0. The zero-order valence-corrected chi connectivity index (χ0v) is 24.8. The van der Waals surface area contributed by atoms with Crippen molar-refractivity contribution in [3.63, 3.8) is 0 Å². The van der Waals surface area contributed by atoms with Crippen molar-refractivity contribution < 1.29 is 19.7 Å². The van der Waals surface area contributed by atoms with E-state index in [9.17, 15) is 10.2 Å². The average Bonchev–Trinajstić information content (AvgIpc) is 3.04. The fourth-order valence-corrected chi connectivity index (χ4v) is 6.51. The van der Waals surface area contributed by atoms with Crippen molar-refractivity contribution in [2.24, 2.45) is 0 Å². The van der Waals surface area contributed by atoms with Gasteiger partial charge in [-0.2, -0.15) is 0 Å². The number of piperidine rings is 1. The molecule has 4 aromatic carbocycles. The van der Waals surface area contributed by atoms with Crippen LogP contribution in [0.5, 0.6) is 23.0 Å². The molecule has 44 heavy (non-hydrogen) atoms. The molecule has 1 aliphatic carbocycles. The third-order valence-corrected chi connectivity index (χ3v) is 8.81. The maximum Gasteiger partial charge on any atom is 0.189 e. The molecular weight excluding hydrogens is 548 g/mol. The molecule has 0 amide bonds. The topological polar surface area (TPSA) is 83.0 Å². The Morgan fingerprint density at radius 3 is 1.48 bits per heavy atom. The number of hydrogen-bond acceptors (Lipinski definition) is 6. The number of fused-ring (bicyclic) bond motifs is 8. The van der Waals surface area contributed by atoms with Crippen LogP contribution in [-0.2, 0) is 25.7 Å². The van der Waals surface area contributed by atoms with Crippen LogP contribution in [0.25, 0.3) is 0 Å². The molecule has 2 heterocycles. The zero-order valence-electron chi connectivity index (χ0n) is 24.8. The highest BCUT2D eigenvalue weighted by atomic mass is 16.5. The molecule has 224 valence electrons. The highest BCUT2D eigenvalue weighted by Gasteiger charge is 2.23. The van der Waals surface area contributed by atoms with E-state index in [0.717, 1.165) is 81.8 Å². The van der Waals surface area contributed by atoms with E-state index in [-0.39, 0.29) is 12.5 Å². The van der Waals surface area contributed by atoms with E-state index in [2.05, 4.69) is 34.9 Å². The van der Waals surface area contributed by atoms with Crippen molar-refractivity contribution in [1.82, 2.24) is 10.6 Å². The number of rotatable bonds is 4. The summed E-state index contributed by atoms with van der Waals surface area (Å²) >= 11 is 0. The molecule has 1 fully saturated rings. The predicted molar refractivity (Wildman–Crippen MR) is 172 cm³/mol. The predicted octanol–water partition coefficient (Wildman–Crippen LogP) is 6.63. The summed E-state index contributed by atoms with van der Waals surface area (Å²) in [6.45, 7) is 0.934. The second-order valence-corrected chi connectivity index (χ2v) is 11.9. The molecule has 1 saturated heterocycles. The molecule has 4 aromatic rings. The number of hydrogen-bond donors (Lipinski definition) is 4. The molecule has 2 unspecified atom stereocenters. The van der Waals surface area contributed by atoms with E-state index >= 15 is 0 Å². The minimum absolute atomic E-state index is 0.0680. The lowest BCUT2D eigenvalue weighted by Gasteiger charge is -2.27. The van der Waals surface area contributed by atoms with E-state index in [1.807, 2.05) is 73.0 Å². The lowest BCUT2D eigenvalue weighted by molar-refractivity contribution is 0.130. The fraction of sp³-hybridized carbons (Fsp3) is 0.263. The van der Waals surface area contributed by atoms with Gasteiger partial charge >= 0.3 is 0 Å². The molecule has 0 spiro atoms. The van der Waals surface area contributed by atoms with Gasteiger partial charge in [-0.15, -0.1) is 0 Å². The molecule has 6 heteroatoms. The molecule has 0 radical (unpaired) electrons. The Kier molecular flexibility index (Phi) is 7.99. The molecule has 7 rings (SSSR count). The summed E-state index contributed by atoms with van der Waals surface area (Å²) in [6, 6.07) is 24.3. The number of phenols is 2. The van der Waals surface area contributed by atoms with E-state index in [4.69, 9.17) is 9.47 Å². The molecule has 0 aromatic heterocycles. The second kappa shape index (κ2) is 12.5. The minimum atomic E-state index is -0.326. The monoisotopic (exact) mass is 586 g/mol. The van der Waals surface area contributed by atoms with E-state index in [1.165, 1.54) is 0 Å². The van der Waals surface area contributed by atoms with Crippen LogP contribution in [0.2, 0.25) is 0 Å². The number of benzene rings is 4. The molecule has 4 N–H and O–H groups in total. The molecule has 2 atom stereocenters. The highest BCUT2D eigenvalue weighted by molar-refractivity contribution is 5.55. The van der Waals surface area contributed by atoms with Gasteiger partial charge in [0.1, 0.15) is 29.2 Å². The Bertz CT molecular complexity index is 1630. The van der Waals surface area contributed by atoms with Crippen molar-refractivity contribution in [2.45, 2.75) is 57.4 Å². The first-order valence-electron chi connectivity index (χ1n) is 15.6. The lowest BCUT2D eigenvalue weighted by atomic mass is 9.91. The smallest absolute Gasteiger partial charge is 0.189 e. The Morgan fingerprint density at radius 2 is 1.05 bits per heavy atom. The van der Waals surface area contributed by atoms with Gasteiger partial charge in [0.15, 0.2) is 6.23 Å². The van der Waals surface area contributed by atoms with Gasteiger partial charge in [-0.25, -0.2) is 0 Å². The van der Waals surface area contributed by atoms with Crippen LogP contribution in [-0.4, -0.2) is 29.2 Å². The maximum absolute atomic E-state index is 11.6. The number of dihydropyridines is 1. The van der Waals surface area contributed by atoms with Gasteiger partial charge in [0.05, 0.1) is 0 Å². The maximum atomic E-state index is 11.6. The quantitative estimate of drug-likeness (QED) is 0.189. The fourth-order valence-electron chi connectivity index (χ4n) is 6.51. The van der Waals surface area contributed by atoms with Gasteiger partial charge in [0.25, 0.3) is 0 Å². The van der Waals surface area contributed by atoms with Gasteiger partial charge in [-0.1, -0.05) is 78.9 Å². The number of ether oxygens (including phenoxy) is 2. The molecular formula is C38H38N2O4.